The van der Waals surface area contributed by atoms with Crippen molar-refractivity contribution in [1.29, 1.82) is 5.41 Å². The molecule has 5 heteroatoms. The highest BCUT2D eigenvalue weighted by Crippen LogP contribution is 2.40. The quantitative estimate of drug-likeness (QED) is 0.484. The molecule has 1 aromatic rings. The van der Waals surface area contributed by atoms with E-state index < -0.39 is 0 Å². The Morgan fingerprint density at radius 2 is 2.36 bits per heavy atom. The summed E-state index contributed by atoms with van der Waals surface area (Å²) in [4.78, 5) is 0. The number of benzene rings is 1. The number of amidine groups is 1. The monoisotopic (exact) mass is 212 g/mol. The number of hydrogen-bond acceptors (Lipinski definition) is 3. The van der Waals surface area contributed by atoms with E-state index in [-0.39, 0.29) is 22.2 Å². The molecule has 4 N–H and O–H groups in total. The molecule has 0 bridgehead atoms. The van der Waals surface area contributed by atoms with Crippen LogP contribution in [0.1, 0.15) is 11.1 Å². The van der Waals surface area contributed by atoms with Gasteiger partial charge in [0.05, 0.1) is 17.2 Å². The maximum atomic E-state index is 9.62. The van der Waals surface area contributed by atoms with Gasteiger partial charge in [0.25, 0.3) is 0 Å². The molecule has 1 aliphatic rings. The molecule has 0 aliphatic carbocycles. The van der Waals surface area contributed by atoms with Crippen LogP contribution in [0.25, 0.3) is 0 Å². The van der Waals surface area contributed by atoms with Crippen molar-refractivity contribution in [2.24, 2.45) is 5.73 Å². The molecule has 0 spiro atoms. The number of phenolic OH excluding ortho intramolecular Hbond substituents is 1. The summed E-state index contributed by atoms with van der Waals surface area (Å²) in [7, 11) is 0. The summed E-state index contributed by atoms with van der Waals surface area (Å²) in [5, 5.41) is 17.1. The Balaban J connectivity index is 2.67. The maximum absolute atomic E-state index is 9.62. The zero-order valence-electron chi connectivity index (χ0n) is 7.30. The molecule has 4 nitrogen and oxygen atoms in total. The number of phenols is 1. The van der Waals surface area contributed by atoms with Crippen LogP contribution in [0.3, 0.4) is 0 Å². The molecule has 1 aliphatic heterocycles. The SMILES string of the molecule is N=C(N)c1cc2c(c(Cl)c1O)CCO2. The van der Waals surface area contributed by atoms with Gasteiger partial charge in [-0.1, -0.05) is 11.6 Å². The Morgan fingerprint density at radius 3 is 3.00 bits per heavy atom. The van der Waals surface area contributed by atoms with Crippen LogP contribution in [0, 0.1) is 5.41 Å². The summed E-state index contributed by atoms with van der Waals surface area (Å²) < 4.78 is 5.28. The van der Waals surface area contributed by atoms with Gasteiger partial charge in [0.1, 0.15) is 17.3 Å². The number of ether oxygens (including phenoxy) is 1. The number of fused-ring (bicyclic) bond motifs is 1. The van der Waals surface area contributed by atoms with Crippen molar-refractivity contribution < 1.29 is 9.84 Å². The predicted molar refractivity (Wildman–Crippen MR) is 53.3 cm³/mol. The van der Waals surface area contributed by atoms with Crippen molar-refractivity contribution in [3.63, 3.8) is 0 Å². The topological polar surface area (TPSA) is 79.3 Å². The lowest BCUT2D eigenvalue weighted by atomic mass is 10.1. The molecule has 14 heavy (non-hydrogen) atoms. The third-order valence-electron chi connectivity index (χ3n) is 2.20. The Morgan fingerprint density at radius 1 is 1.64 bits per heavy atom. The number of nitrogen functional groups attached to an aromatic ring is 1. The lowest BCUT2D eigenvalue weighted by Gasteiger charge is -2.08. The Bertz CT molecular complexity index is 418. The van der Waals surface area contributed by atoms with Gasteiger partial charge in [-0.2, -0.15) is 0 Å². The van der Waals surface area contributed by atoms with Crippen molar-refractivity contribution >= 4 is 17.4 Å². The minimum Gasteiger partial charge on any atom is -0.506 e. The molecule has 0 saturated heterocycles. The van der Waals surface area contributed by atoms with Crippen molar-refractivity contribution in [1.82, 2.24) is 0 Å². The largest absolute Gasteiger partial charge is 0.506 e. The van der Waals surface area contributed by atoms with Crippen LogP contribution in [-0.2, 0) is 6.42 Å². The summed E-state index contributed by atoms with van der Waals surface area (Å²) in [6, 6.07) is 1.55. The zero-order valence-corrected chi connectivity index (χ0v) is 8.06. The van der Waals surface area contributed by atoms with E-state index in [9.17, 15) is 5.11 Å². The number of halogens is 1. The Kier molecular flexibility index (Phi) is 2.00. The average molecular weight is 213 g/mol. The molecule has 0 unspecified atom stereocenters. The van der Waals surface area contributed by atoms with E-state index in [1.54, 1.807) is 6.07 Å². The number of rotatable bonds is 1. The molecule has 74 valence electrons. The second kappa shape index (κ2) is 3.06. The van der Waals surface area contributed by atoms with Crippen LogP contribution in [0.4, 0.5) is 0 Å². The molecular formula is C9H9ClN2O2. The van der Waals surface area contributed by atoms with E-state index in [2.05, 4.69) is 0 Å². The number of hydrogen-bond donors (Lipinski definition) is 3. The van der Waals surface area contributed by atoms with Gasteiger partial charge in [0, 0.05) is 12.0 Å². The van der Waals surface area contributed by atoms with E-state index in [4.69, 9.17) is 27.5 Å². The lowest BCUT2D eigenvalue weighted by molar-refractivity contribution is 0.356. The Hall–Kier alpha value is -1.42. The van der Waals surface area contributed by atoms with E-state index >= 15 is 0 Å². The maximum Gasteiger partial charge on any atom is 0.145 e. The summed E-state index contributed by atoms with van der Waals surface area (Å²) in [6.07, 6.45) is 0.680. The number of aromatic hydroxyl groups is 1. The molecule has 0 saturated carbocycles. The van der Waals surface area contributed by atoms with Gasteiger partial charge in [-0.25, -0.2) is 0 Å². The molecule has 2 rings (SSSR count). The van der Waals surface area contributed by atoms with Crippen molar-refractivity contribution in [3.8, 4) is 11.5 Å². The van der Waals surface area contributed by atoms with Crippen LogP contribution >= 0.6 is 11.6 Å². The van der Waals surface area contributed by atoms with Gasteiger partial charge in [-0.15, -0.1) is 0 Å². The van der Waals surface area contributed by atoms with E-state index in [0.29, 0.717) is 18.8 Å². The summed E-state index contributed by atoms with van der Waals surface area (Å²) in [6.45, 7) is 0.551. The van der Waals surface area contributed by atoms with Gasteiger partial charge in [-0.3, -0.25) is 5.41 Å². The molecule has 0 atom stereocenters. The first-order valence-electron chi connectivity index (χ1n) is 4.12. The van der Waals surface area contributed by atoms with Gasteiger partial charge in [0.15, 0.2) is 0 Å². The van der Waals surface area contributed by atoms with Crippen LogP contribution in [0.15, 0.2) is 6.07 Å². The third-order valence-corrected chi connectivity index (χ3v) is 2.61. The number of nitrogens with two attached hydrogens (primary N) is 1. The molecule has 0 radical (unpaired) electrons. The first kappa shape index (κ1) is 9.15. The van der Waals surface area contributed by atoms with E-state index in [1.807, 2.05) is 0 Å². The summed E-state index contributed by atoms with van der Waals surface area (Å²) in [5.74, 6) is 0.254. The van der Waals surface area contributed by atoms with E-state index in [0.717, 1.165) is 5.56 Å². The minimum atomic E-state index is -0.220. The zero-order chi connectivity index (χ0) is 10.3. The van der Waals surface area contributed by atoms with Crippen molar-refractivity contribution in [2.45, 2.75) is 6.42 Å². The highest BCUT2D eigenvalue weighted by atomic mass is 35.5. The standard InChI is InChI=1S/C9H9ClN2O2/c10-7-4-1-2-14-6(4)3-5(8(7)13)9(11)12/h3,13H,1-2H2,(H3,11,12). The first-order chi connectivity index (χ1) is 6.61. The van der Waals surface area contributed by atoms with Gasteiger partial charge in [0.2, 0.25) is 0 Å². The molecule has 0 fully saturated rings. The fraction of sp³-hybridized carbons (Fsp3) is 0.222. The molecular weight excluding hydrogens is 204 g/mol. The average Bonchev–Trinajstić information content (AvgIpc) is 2.58. The minimum absolute atomic E-state index is 0.136. The van der Waals surface area contributed by atoms with Crippen LogP contribution in [0.2, 0.25) is 5.02 Å². The first-order valence-corrected chi connectivity index (χ1v) is 4.50. The molecule has 0 aromatic heterocycles. The fourth-order valence-corrected chi connectivity index (χ4v) is 1.78. The predicted octanol–water partition coefficient (Wildman–Crippen LogP) is 1.26. The van der Waals surface area contributed by atoms with Gasteiger partial charge < -0.3 is 15.6 Å². The van der Waals surface area contributed by atoms with Crippen LogP contribution < -0.4 is 10.5 Å². The van der Waals surface area contributed by atoms with Crippen molar-refractivity contribution in [2.75, 3.05) is 6.61 Å². The normalized spacial score (nSPS) is 13.5. The van der Waals surface area contributed by atoms with Gasteiger partial charge in [-0.05, 0) is 6.07 Å². The molecule has 1 aromatic carbocycles. The van der Waals surface area contributed by atoms with E-state index in [1.165, 1.54) is 0 Å². The summed E-state index contributed by atoms with van der Waals surface area (Å²) >= 11 is 5.91. The van der Waals surface area contributed by atoms with Gasteiger partial charge >= 0.3 is 0 Å². The molecule has 0 amide bonds. The molecule has 1 heterocycles. The summed E-state index contributed by atoms with van der Waals surface area (Å²) in [5.41, 5.74) is 6.29. The fourth-order valence-electron chi connectivity index (χ4n) is 1.49. The van der Waals surface area contributed by atoms with Crippen molar-refractivity contribution in [3.05, 3.63) is 22.2 Å². The lowest BCUT2D eigenvalue weighted by Crippen LogP contribution is -2.11. The number of nitrogens with one attached hydrogen (secondary N) is 1. The Labute approximate surface area is 85.8 Å². The van der Waals surface area contributed by atoms with Crippen LogP contribution in [0.5, 0.6) is 11.5 Å². The highest BCUT2D eigenvalue weighted by Gasteiger charge is 2.22. The smallest absolute Gasteiger partial charge is 0.145 e. The second-order valence-corrected chi connectivity index (χ2v) is 3.45. The highest BCUT2D eigenvalue weighted by molar-refractivity contribution is 6.33. The van der Waals surface area contributed by atoms with Crippen LogP contribution in [-0.4, -0.2) is 17.5 Å². The second-order valence-electron chi connectivity index (χ2n) is 3.08. The third kappa shape index (κ3) is 1.19.